The van der Waals surface area contributed by atoms with Gasteiger partial charge in [-0.2, -0.15) is 0 Å². The van der Waals surface area contributed by atoms with E-state index in [1.807, 2.05) is 18.2 Å². The molecular weight excluding hydrogens is 264 g/mol. The maximum atomic E-state index is 5.99. The molecule has 2 aromatic rings. The molecule has 0 spiro atoms. The maximum absolute atomic E-state index is 5.99. The molecule has 2 N–H and O–H groups in total. The summed E-state index contributed by atoms with van der Waals surface area (Å²) in [7, 11) is 0. The van der Waals surface area contributed by atoms with Gasteiger partial charge < -0.3 is 15.1 Å². The first-order valence-electron chi connectivity index (χ1n) is 7.37. The van der Waals surface area contributed by atoms with Gasteiger partial charge >= 0.3 is 0 Å². The highest BCUT2D eigenvalue weighted by Crippen LogP contribution is 2.33. The van der Waals surface area contributed by atoms with Gasteiger partial charge in [0.2, 0.25) is 0 Å². The van der Waals surface area contributed by atoms with Crippen molar-refractivity contribution in [3.8, 4) is 0 Å². The van der Waals surface area contributed by atoms with Crippen LogP contribution in [0.15, 0.2) is 28.9 Å². The predicted molar refractivity (Wildman–Crippen MR) is 83.1 cm³/mol. The smallest absolute Gasteiger partial charge is 0.138 e. The average Bonchev–Trinajstić information content (AvgIpc) is 3.11. The van der Waals surface area contributed by atoms with E-state index in [0.717, 1.165) is 23.9 Å². The van der Waals surface area contributed by atoms with Crippen LogP contribution in [0, 0.1) is 0 Å². The fourth-order valence-electron chi connectivity index (χ4n) is 2.29. The van der Waals surface area contributed by atoms with E-state index in [1.165, 1.54) is 12.8 Å². The average molecular weight is 286 g/mol. The van der Waals surface area contributed by atoms with E-state index in [1.54, 1.807) is 6.26 Å². The van der Waals surface area contributed by atoms with E-state index in [2.05, 4.69) is 30.7 Å². The maximum Gasteiger partial charge on any atom is 0.138 e. The monoisotopic (exact) mass is 286 g/mol. The molecule has 1 saturated carbocycles. The number of hydrogen-bond acceptors (Lipinski definition) is 5. The van der Waals surface area contributed by atoms with Crippen LogP contribution in [-0.4, -0.2) is 16.0 Å². The van der Waals surface area contributed by atoms with Gasteiger partial charge in [0.1, 0.15) is 23.2 Å². The Kier molecular flexibility index (Phi) is 3.35. The second-order valence-electron chi connectivity index (χ2n) is 6.66. The van der Waals surface area contributed by atoms with Crippen molar-refractivity contribution in [1.82, 2.24) is 9.97 Å². The summed E-state index contributed by atoms with van der Waals surface area (Å²) in [4.78, 5) is 11.4. The van der Waals surface area contributed by atoms with Crippen LogP contribution in [0.2, 0.25) is 0 Å². The Labute approximate surface area is 125 Å². The molecule has 0 saturated heterocycles. The lowest BCUT2D eigenvalue weighted by molar-refractivity contribution is 0.498. The molecule has 1 aliphatic rings. The normalized spacial score (nSPS) is 15.2. The minimum Gasteiger partial charge on any atom is -0.467 e. The molecule has 1 fully saturated rings. The highest BCUT2D eigenvalue weighted by molar-refractivity contribution is 5.49. The molecule has 0 radical (unpaired) electrons. The fourth-order valence-corrected chi connectivity index (χ4v) is 2.29. The summed E-state index contributed by atoms with van der Waals surface area (Å²) < 4.78 is 5.47. The van der Waals surface area contributed by atoms with Crippen molar-refractivity contribution < 1.29 is 4.42 Å². The molecule has 0 bridgehead atoms. The van der Waals surface area contributed by atoms with E-state index in [0.29, 0.717) is 11.9 Å². The second-order valence-corrected chi connectivity index (χ2v) is 6.66. The summed E-state index contributed by atoms with van der Waals surface area (Å²) in [5, 5.41) is 0. The second kappa shape index (κ2) is 5.06. The summed E-state index contributed by atoms with van der Waals surface area (Å²) in [6, 6.07) is 6.29. The number of rotatable bonds is 4. The van der Waals surface area contributed by atoms with Gasteiger partial charge in [-0.05, 0) is 25.0 Å². The number of hydrogen-bond donors (Lipinski definition) is 1. The molecule has 1 aliphatic carbocycles. The highest BCUT2D eigenvalue weighted by Gasteiger charge is 2.32. The van der Waals surface area contributed by atoms with Crippen molar-refractivity contribution in [2.45, 2.75) is 51.6 Å². The Morgan fingerprint density at radius 1 is 1.33 bits per heavy atom. The molecule has 0 atom stereocenters. The lowest BCUT2D eigenvalue weighted by Crippen LogP contribution is -2.28. The van der Waals surface area contributed by atoms with Crippen LogP contribution >= 0.6 is 0 Å². The molecule has 112 valence electrons. The first-order chi connectivity index (χ1) is 9.93. The van der Waals surface area contributed by atoms with Gasteiger partial charge in [0, 0.05) is 17.5 Å². The minimum absolute atomic E-state index is 0.121. The SMILES string of the molecule is CC(C)(C)c1nc(N)cc(N(Cc2ccco2)C2CC2)n1. The zero-order valence-electron chi connectivity index (χ0n) is 12.8. The number of nitrogen functional groups attached to an aromatic ring is 1. The first kappa shape index (κ1) is 13.9. The lowest BCUT2D eigenvalue weighted by Gasteiger charge is -2.25. The number of aromatic nitrogens is 2. The predicted octanol–water partition coefficient (Wildman–Crippen LogP) is 3.12. The van der Waals surface area contributed by atoms with Gasteiger partial charge in [-0.3, -0.25) is 0 Å². The molecule has 21 heavy (non-hydrogen) atoms. The number of nitrogens with zero attached hydrogens (tertiary/aromatic N) is 3. The zero-order valence-corrected chi connectivity index (χ0v) is 12.8. The highest BCUT2D eigenvalue weighted by atomic mass is 16.3. The minimum atomic E-state index is -0.121. The quantitative estimate of drug-likeness (QED) is 0.935. The van der Waals surface area contributed by atoms with E-state index in [4.69, 9.17) is 15.1 Å². The van der Waals surface area contributed by atoms with Crippen LogP contribution in [0.3, 0.4) is 0 Å². The molecule has 5 nitrogen and oxygen atoms in total. The number of nitrogens with two attached hydrogens (primary N) is 1. The van der Waals surface area contributed by atoms with Gasteiger partial charge in [0.15, 0.2) is 0 Å². The Morgan fingerprint density at radius 2 is 2.10 bits per heavy atom. The molecular formula is C16H22N4O. The Bertz CT molecular complexity index is 612. The fraction of sp³-hybridized carbons (Fsp3) is 0.500. The van der Waals surface area contributed by atoms with Gasteiger partial charge in [-0.1, -0.05) is 20.8 Å². The van der Waals surface area contributed by atoms with E-state index in [9.17, 15) is 0 Å². The summed E-state index contributed by atoms with van der Waals surface area (Å²) in [6.45, 7) is 7.01. The van der Waals surface area contributed by atoms with Crippen LogP contribution in [-0.2, 0) is 12.0 Å². The molecule has 0 unspecified atom stereocenters. The molecule has 2 heterocycles. The molecule has 0 aliphatic heterocycles. The molecule has 2 aromatic heterocycles. The van der Waals surface area contributed by atoms with Crippen LogP contribution in [0.1, 0.15) is 45.2 Å². The van der Waals surface area contributed by atoms with E-state index >= 15 is 0 Å². The topological polar surface area (TPSA) is 68.2 Å². The van der Waals surface area contributed by atoms with Crippen molar-refractivity contribution in [3.63, 3.8) is 0 Å². The standard InChI is InChI=1S/C16H22N4O/c1-16(2,3)15-18-13(17)9-14(19-15)20(11-6-7-11)10-12-5-4-8-21-12/h4-5,8-9,11H,6-7,10H2,1-3H3,(H2,17,18,19). The summed E-state index contributed by atoms with van der Waals surface area (Å²) in [5.41, 5.74) is 5.87. The third-order valence-electron chi connectivity index (χ3n) is 3.59. The van der Waals surface area contributed by atoms with Crippen LogP contribution < -0.4 is 10.6 Å². The van der Waals surface area contributed by atoms with Crippen molar-refractivity contribution >= 4 is 11.6 Å². The number of furan rings is 1. The zero-order chi connectivity index (χ0) is 15.0. The van der Waals surface area contributed by atoms with Crippen molar-refractivity contribution in [2.75, 3.05) is 10.6 Å². The lowest BCUT2D eigenvalue weighted by atomic mass is 9.96. The van der Waals surface area contributed by atoms with E-state index < -0.39 is 0 Å². The Balaban J connectivity index is 1.94. The van der Waals surface area contributed by atoms with Crippen LogP contribution in [0.4, 0.5) is 11.6 Å². The molecule has 3 rings (SSSR count). The number of anilines is 2. The molecule has 0 amide bonds. The van der Waals surface area contributed by atoms with Crippen molar-refractivity contribution in [2.24, 2.45) is 0 Å². The third-order valence-corrected chi connectivity index (χ3v) is 3.59. The van der Waals surface area contributed by atoms with Gasteiger partial charge in [0.05, 0.1) is 12.8 Å². The van der Waals surface area contributed by atoms with Crippen LogP contribution in [0.5, 0.6) is 0 Å². The van der Waals surface area contributed by atoms with Crippen LogP contribution in [0.25, 0.3) is 0 Å². The first-order valence-corrected chi connectivity index (χ1v) is 7.37. The summed E-state index contributed by atoms with van der Waals surface area (Å²) in [5.74, 6) is 3.14. The van der Waals surface area contributed by atoms with E-state index in [-0.39, 0.29) is 5.41 Å². The van der Waals surface area contributed by atoms with Gasteiger partial charge in [-0.15, -0.1) is 0 Å². The third kappa shape index (κ3) is 3.17. The Hall–Kier alpha value is -2.04. The molecule has 0 aromatic carbocycles. The molecule has 5 heteroatoms. The summed E-state index contributed by atoms with van der Waals surface area (Å²) >= 11 is 0. The van der Waals surface area contributed by atoms with Crippen molar-refractivity contribution in [1.29, 1.82) is 0 Å². The van der Waals surface area contributed by atoms with Gasteiger partial charge in [-0.25, -0.2) is 9.97 Å². The van der Waals surface area contributed by atoms with Crippen molar-refractivity contribution in [3.05, 3.63) is 36.0 Å². The summed E-state index contributed by atoms with van der Waals surface area (Å²) in [6.07, 6.45) is 4.08. The largest absolute Gasteiger partial charge is 0.467 e. The Morgan fingerprint density at radius 3 is 2.67 bits per heavy atom. The van der Waals surface area contributed by atoms with Gasteiger partial charge in [0.25, 0.3) is 0 Å².